The molecule has 0 bridgehead atoms. The number of amides is 2. The van der Waals surface area contributed by atoms with Crippen LogP contribution >= 0.6 is 11.6 Å². The van der Waals surface area contributed by atoms with Gasteiger partial charge < -0.3 is 20.0 Å². The molecule has 2 saturated heterocycles. The maximum Gasteiger partial charge on any atom is 0.231 e. The molecule has 0 radical (unpaired) electrons. The van der Waals surface area contributed by atoms with Gasteiger partial charge in [0.1, 0.15) is 18.3 Å². The average Bonchev–Trinajstić information content (AvgIpc) is 3.23. The summed E-state index contributed by atoms with van der Waals surface area (Å²) in [6, 6.07) is 7.79. The number of nitrogens with one attached hydrogen (secondary N) is 1. The molecule has 5 rings (SSSR count). The van der Waals surface area contributed by atoms with Gasteiger partial charge in [0.2, 0.25) is 11.8 Å². The third-order valence-electron chi connectivity index (χ3n) is 8.26. The highest BCUT2D eigenvalue weighted by molar-refractivity contribution is 6.30. The Morgan fingerprint density at radius 3 is 2.39 bits per heavy atom. The zero-order valence-electron chi connectivity index (χ0n) is 22.1. The second-order valence-electron chi connectivity index (χ2n) is 10.7. The van der Waals surface area contributed by atoms with Gasteiger partial charge >= 0.3 is 0 Å². The van der Waals surface area contributed by atoms with E-state index < -0.39 is 6.17 Å². The normalized spacial score (nSPS) is 22.9. The lowest BCUT2D eigenvalue weighted by Gasteiger charge is -2.38. The number of anilines is 1. The molecule has 3 aliphatic rings. The van der Waals surface area contributed by atoms with Gasteiger partial charge in [-0.25, -0.2) is 14.4 Å². The highest BCUT2D eigenvalue weighted by Gasteiger charge is 2.36. The first-order valence-electron chi connectivity index (χ1n) is 13.6. The maximum absolute atomic E-state index is 14.4. The highest BCUT2D eigenvalue weighted by Crippen LogP contribution is 2.44. The SMILES string of the molecule is CC(=O)N1CCC(NC[C@@H](C(=O)N2CCN(c3ncnc4c3[C@H](C)C[C@@H]4F)CC2)c2ccc(Cl)cc2)CC1. The molecule has 2 aromatic rings. The minimum atomic E-state index is -1.04. The van der Waals surface area contributed by atoms with E-state index >= 15 is 0 Å². The number of piperidine rings is 1. The van der Waals surface area contributed by atoms with Gasteiger partial charge in [-0.1, -0.05) is 30.7 Å². The molecule has 204 valence electrons. The number of aromatic nitrogens is 2. The molecule has 1 N–H and O–H groups in total. The maximum atomic E-state index is 14.4. The number of halogens is 2. The summed E-state index contributed by atoms with van der Waals surface area (Å²) in [5, 5.41) is 4.24. The summed E-state index contributed by atoms with van der Waals surface area (Å²) < 4.78 is 14.4. The molecule has 38 heavy (non-hydrogen) atoms. The summed E-state index contributed by atoms with van der Waals surface area (Å²) in [5.74, 6) is 0.759. The number of likely N-dealkylation sites (tertiary alicyclic amines) is 1. The van der Waals surface area contributed by atoms with E-state index in [-0.39, 0.29) is 29.7 Å². The first-order valence-corrected chi connectivity index (χ1v) is 14.0. The van der Waals surface area contributed by atoms with Crippen LogP contribution in [0, 0.1) is 0 Å². The fourth-order valence-electron chi connectivity index (χ4n) is 6.00. The number of carbonyl (C=O) groups excluding carboxylic acids is 2. The third-order valence-corrected chi connectivity index (χ3v) is 8.51. The van der Waals surface area contributed by atoms with Crippen molar-refractivity contribution in [2.45, 2.75) is 57.2 Å². The van der Waals surface area contributed by atoms with Crippen molar-refractivity contribution in [2.24, 2.45) is 0 Å². The minimum absolute atomic E-state index is 0.0820. The predicted molar refractivity (Wildman–Crippen MR) is 145 cm³/mol. The van der Waals surface area contributed by atoms with Crippen LogP contribution in [0.15, 0.2) is 30.6 Å². The second kappa shape index (κ2) is 11.5. The Labute approximate surface area is 228 Å². The largest absolute Gasteiger partial charge is 0.353 e. The van der Waals surface area contributed by atoms with Gasteiger partial charge in [-0.3, -0.25) is 9.59 Å². The zero-order valence-corrected chi connectivity index (χ0v) is 22.8. The molecule has 3 atom stereocenters. The molecule has 2 amide bonds. The summed E-state index contributed by atoms with van der Waals surface area (Å²) in [5.41, 5.74) is 2.37. The first-order chi connectivity index (χ1) is 18.3. The fourth-order valence-corrected chi connectivity index (χ4v) is 6.12. The van der Waals surface area contributed by atoms with E-state index in [1.807, 2.05) is 41.0 Å². The van der Waals surface area contributed by atoms with Gasteiger partial charge in [0.25, 0.3) is 0 Å². The van der Waals surface area contributed by atoms with E-state index in [1.165, 1.54) is 6.33 Å². The number of rotatable bonds is 6. The molecule has 0 unspecified atom stereocenters. The highest BCUT2D eigenvalue weighted by atomic mass is 35.5. The summed E-state index contributed by atoms with van der Waals surface area (Å²) >= 11 is 6.13. The molecule has 1 aromatic heterocycles. The first kappa shape index (κ1) is 26.8. The van der Waals surface area contributed by atoms with Gasteiger partial charge in [0.05, 0.1) is 11.6 Å². The Hall–Kier alpha value is -2.78. The van der Waals surface area contributed by atoms with Crippen LogP contribution in [0.4, 0.5) is 10.2 Å². The number of carbonyl (C=O) groups is 2. The summed E-state index contributed by atoms with van der Waals surface area (Å²) in [6.07, 6.45) is 2.62. The molecule has 2 aliphatic heterocycles. The number of nitrogens with zero attached hydrogens (tertiary/aromatic N) is 5. The van der Waals surface area contributed by atoms with Gasteiger partial charge in [0, 0.05) is 69.4 Å². The molecule has 0 saturated carbocycles. The topological polar surface area (TPSA) is 81.7 Å². The van der Waals surface area contributed by atoms with Crippen molar-refractivity contribution in [1.82, 2.24) is 25.1 Å². The second-order valence-corrected chi connectivity index (χ2v) is 11.1. The Morgan fingerprint density at radius 1 is 1.05 bits per heavy atom. The number of piperazine rings is 1. The van der Waals surface area contributed by atoms with Crippen molar-refractivity contribution in [3.63, 3.8) is 0 Å². The monoisotopic (exact) mass is 542 g/mol. The molecule has 1 aromatic carbocycles. The molecule has 3 heterocycles. The Kier molecular flexibility index (Phi) is 8.14. The average molecular weight is 543 g/mol. The van der Waals surface area contributed by atoms with Crippen molar-refractivity contribution in [3.05, 3.63) is 52.4 Å². The molecule has 8 nitrogen and oxygen atoms in total. The van der Waals surface area contributed by atoms with E-state index in [4.69, 9.17) is 11.6 Å². The molecule has 1 aliphatic carbocycles. The Morgan fingerprint density at radius 2 is 1.74 bits per heavy atom. The number of hydrogen-bond donors (Lipinski definition) is 1. The number of alkyl halides is 1. The van der Waals surface area contributed by atoms with E-state index in [0.717, 1.165) is 42.9 Å². The van der Waals surface area contributed by atoms with Crippen molar-refractivity contribution >= 4 is 29.2 Å². The van der Waals surface area contributed by atoms with Crippen LogP contribution in [0.25, 0.3) is 0 Å². The van der Waals surface area contributed by atoms with Crippen LogP contribution in [-0.4, -0.2) is 83.4 Å². The summed E-state index contributed by atoms with van der Waals surface area (Å²) in [7, 11) is 0. The Bertz CT molecular complexity index is 1150. The molecule has 2 fully saturated rings. The number of hydrogen-bond acceptors (Lipinski definition) is 6. The minimum Gasteiger partial charge on any atom is -0.353 e. The molecule has 0 spiro atoms. The molecule has 10 heteroatoms. The van der Waals surface area contributed by atoms with Crippen molar-refractivity contribution in [2.75, 3.05) is 50.7 Å². The van der Waals surface area contributed by atoms with Gasteiger partial charge in [-0.05, 0) is 42.9 Å². The van der Waals surface area contributed by atoms with Crippen molar-refractivity contribution < 1.29 is 14.0 Å². The van der Waals surface area contributed by atoms with Crippen LogP contribution in [0.1, 0.15) is 67.9 Å². The van der Waals surface area contributed by atoms with Crippen LogP contribution in [-0.2, 0) is 9.59 Å². The van der Waals surface area contributed by atoms with E-state index in [0.29, 0.717) is 49.9 Å². The fraction of sp³-hybridized carbons (Fsp3) is 0.571. The Balaban J connectivity index is 1.25. The van der Waals surface area contributed by atoms with Gasteiger partial charge in [0.15, 0.2) is 0 Å². The number of fused-ring (bicyclic) bond motifs is 1. The standard InChI is InChI=1S/C28H36ClFN6O2/c1-18-15-24(30)26-25(18)27(33-17-32-26)35-11-13-36(14-12-35)28(38)23(20-3-5-21(29)6-4-20)16-31-22-7-9-34(10-8-22)19(2)37/h3-6,17-18,22-24,31H,7-16H2,1-2H3/t18-,23-,24+/m1/s1. The predicted octanol–water partition coefficient (Wildman–Crippen LogP) is 3.68. The van der Waals surface area contributed by atoms with Crippen molar-refractivity contribution in [3.8, 4) is 0 Å². The van der Waals surface area contributed by atoms with Gasteiger partial charge in [-0.15, -0.1) is 0 Å². The molecular weight excluding hydrogens is 507 g/mol. The zero-order chi connectivity index (χ0) is 26.8. The lowest BCUT2D eigenvalue weighted by molar-refractivity contribution is -0.133. The summed E-state index contributed by atoms with van der Waals surface area (Å²) in [4.78, 5) is 40.2. The van der Waals surface area contributed by atoms with E-state index in [1.54, 1.807) is 6.92 Å². The smallest absolute Gasteiger partial charge is 0.231 e. The van der Waals surface area contributed by atoms with E-state index in [9.17, 15) is 14.0 Å². The van der Waals surface area contributed by atoms with E-state index in [2.05, 4.69) is 20.2 Å². The quantitative estimate of drug-likeness (QED) is 0.600. The summed E-state index contributed by atoms with van der Waals surface area (Å²) in [6.45, 7) is 8.08. The van der Waals surface area contributed by atoms with Crippen LogP contribution in [0.5, 0.6) is 0 Å². The van der Waals surface area contributed by atoms with Crippen LogP contribution in [0.3, 0.4) is 0 Å². The molecular formula is C28H36ClFN6O2. The van der Waals surface area contributed by atoms with Crippen LogP contribution in [0.2, 0.25) is 5.02 Å². The lowest BCUT2D eigenvalue weighted by atomic mass is 9.95. The van der Waals surface area contributed by atoms with Crippen molar-refractivity contribution in [1.29, 1.82) is 0 Å². The third kappa shape index (κ3) is 5.64. The lowest BCUT2D eigenvalue weighted by Crippen LogP contribution is -2.52. The van der Waals surface area contributed by atoms with Crippen LogP contribution < -0.4 is 10.2 Å². The van der Waals surface area contributed by atoms with Gasteiger partial charge in [-0.2, -0.15) is 0 Å². The number of benzene rings is 1.